The Morgan fingerprint density at radius 3 is 2.37 bits per heavy atom. The van der Waals surface area contributed by atoms with Crippen LogP contribution in [0.25, 0.3) is 0 Å². The van der Waals surface area contributed by atoms with Gasteiger partial charge in [-0.25, -0.2) is 8.78 Å². The number of halogens is 2. The summed E-state index contributed by atoms with van der Waals surface area (Å²) < 4.78 is 31.9. The molecule has 2 atom stereocenters. The molecule has 0 bridgehead atoms. The molecule has 162 valence electrons. The van der Waals surface area contributed by atoms with Crippen LogP contribution in [0, 0.1) is 11.6 Å². The molecule has 7 heteroatoms. The van der Waals surface area contributed by atoms with E-state index in [4.69, 9.17) is 9.57 Å². The summed E-state index contributed by atoms with van der Waals surface area (Å²) >= 11 is 0. The van der Waals surface area contributed by atoms with Crippen molar-refractivity contribution in [3.63, 3.8) is 0 Å². The molecule has 30 heavy (non-hydrogen) atoms. The first kappa shape index (κ1) is 22.3. The molecule has 1 aliphatic rings. The summed E-state index contributed by atoms with van der Waals surface area (Å²) in [6.07, 6.45) is -0.227. The van der Waals surface area contributed by atoms with E-state index in [1.807, 2.05) is 13.8 Å². The highest BCUT2D eigenvalue weighted by Crippen LogP contribution is 2.19. The van der Waals surface area contributed by atoms with Gasteiger partial charge in [0.15, 0.2) is 0 Å². The molecule has 0 radical (unpaired) electrons. The highest BCUT2D eigenvalue weighted by Gasteiger charge is 2.26. The van der Waals surface area contributed by atoms with Gasteiger partial charge in [0.05, 0.1) is 24.5 Å². The third kappa shape index (κ3) is 6.86. The predicted octanol–water partition coefficient (Wildman–Crippen LogP) is 3.75. The fourth-order valence-corrected chi connectivity index (χ4v) is 3.33. The van der Waals surface area contributed by atoms with Gasteiger partial charge in [-0.2, -0.15) is 0 Å². The molecule has 0 amide bonds. The molecule has 5 nitrogen and oxygen atoms in total. The monoisotopic (exact) mass is 418 g/mol. The van der Waals surface area contributed by atoms with Crippen molar-refractivity contribution in [2.75, 3.05) is 19.7 Å². The van der Waals surface area contributed by atoms with Crippen LogP contribution in [0.5, 0.6) is 0 Å². The van der Waals surface area contributed by atoms with E-state index in [2.05, 4.69) is 10.1 Å². The SMILES string of the molecule is CC(C)OC[C@@H](O)CN(Cc1ccc(F)cc1)C[C@H]1CC(c2ccc(F)cc2)=NO1. The number of ether oxygens (including phenoxy) is 1. The quantitative estimate of drug-likeness (QED) is 0.639. The first-order chi connectivity index (χ1) is 14.4. The van der Waals surface area contributed by atoms with Crippen molar-refractivity contribution in [1.82, 2.24) is 4.90 Å². The van der Waals surface area contributed by atoms with E-state index in [1.165, 1.54) is 24.3 Å². The zero-order valence-electron chi connectivity index (χ0n) is 17.3. The Morgan fingerprint density at radius 1 is 1.10 bits per heavy atom. The van der Waals surface area contributed by atoms with Gasteiger partial charge in [0, 0.05) is 26.1 Å². The van der Waals surface area contributed by atoms with Gasteiger partial charge >= 0.3 is 0 Å². The first-order valence-electron chi connectivity index (χ1n) is 10.1. The van der Waals surface area contributed by atoms with E-state index in [-0.39, 0.29) is 30.4 Å². The second-order valence-electron chi connectivity index (χ2n) is 7.83. The van der Waals surface area contributed by atoms with Crippen molar-refractivity contribution < 1.29 is 23.5 Å². The largest absolute Gasteiger partial charge is 0.390 e. The molecule has 2 aromatic rings. The standard InChI is InChI=1S/C23H28F2N2O3/c1-16(2)29-15-21(28)13-27(12-17-3-7-19(24)8-4-17)14-22-11-23(26-30-22)18-5-9-20(25)10-6-18/h3-10,16,21-22,28H,11-15H2,1-2H3/t21-,22+/m0/s1. The van der Waals surface area contributed by atoms with Gasteiger partial charge in [0.2, 0.25) is 0 Å². The summed E-state index contributed by atoms with van der Waals surface area (Å²) in [4.78, 5) is 7.65. The van der Waals surface area contributed by atoms with Crippen LogP contribution in [0.1, 0.15) is 31.4 Å². The maximum absolute atomic E-state index is 13.2. The zero-order chi connectivity index (χ0) is 21.5. The van der Waals surface area contributed by atoms with Crippen LogP contribution in [0.15, 0.2) is 53.7 Å². The molecular weight excluding hydrogens is 390 g/mol. The van der Waals surface area contributed by atoms with Crippen LogP contribution < -0.4 is 0 Å². The fraction of sp³-hybridized carbons (Fsp3) is 0.435. The minimum atomic E-state index is -0.660. The van der Waals surface area contributed by atoms with Crippen LogP contribution in [-0.2, 0) is 16.1 Å². The average Bonchev–Trinajstić information content (AvgIpc) is 3.17. The third-order valence-corrected chi connectivity index (χ3v) is 4.78. The molecule has 1 N–H and O–H groups in total. The lowest BCUT2D eigenvalue weighted by Gasteiger charge is -2.27. The number of hydrogen-bond acceptors (Lipinski definition) is 5. The molecule has 0 aliphatic carbocycles. The molecule has 0 saturated carbocycles. The Labute approximate surface area is 175 Å². The lowest BCUT2D eigenvalue weighted by molar-refractivity contribution is -0.0194. The summed E-state index contributed by atoms with van der Waals surface area (Å²) in [5.41, 5.74) is 2.53. The van der Waals surface area contributed by atoms with Crippen molar-refractivity contribution in [2.24, 2.45) is 5.16 Å². The summed E-state index contributed by atoms with van der Waals surface area (Å²) in [5.74, 6) is -0.579. The second kappa shape index (κ2) is 10.6. The van der Waals surface area contributed by atoms with E-state index >= 15 is 0 Å². The number of nitrogens with zero attached hydrogens (tertiary/aromatic N) is 2. The van der Waals surface area contributed by atoms with Gasteiger partial charge in [0.1, 0.15) is 17.7 Å². The molecule has 1 heterocycles. The molecule has 3 rings (SSSR count). The maximum Gasteiger partial charge on any atom is 0.145 e. The van der Waals surface area contributed by atoms with E-state index in [1.54, 1.807) is 24.3 Å². The molecule has 0 fully saturated rings. The summed E-state index contributed by atoms with van der Waals surface area (Å²) in [6.45, 7) is 5.53. The minimum Gasteiger partial charge on any atom is -0.390 e. The highest BCUT2D eigenvalue weighted by atomic mass is 19.1. The van der Waals surface area contributed by atoms with Crippen LogP contribution in [0.2, 0.25) is 0 Å². The average molecular weight is 418 g/mol. The van der Waals surface area contributed by atoms with Crippen molar-refractivity contribution >= 4 is 5.71 Å². The molecule has 0 spiro atoms. The Bertz CT molecular complexity index is 825. The molecular formula is C23H28F2N2O3. The van der Waals surface area contributed by atoms with Crippen LogP contribution in [0.3, 0.4) is 0 Å². The topological polar surface area (TPSA) is 54.3 Å². The Hall–Kier alpha value is -2.35. The number of oxime groups is 1. The number of aliphatic hydroxyl groups is 1. The van der Waals surface area contributed by atoms with Gasteiger partial charge in [-0.05, 0) is 49.2 Å². The number of aliphatic hydroxyl groups excluding tert-OH is 1. The van der Waals surface area contributed by atoms with Gasteiger partial charge in [-0.1, -0.05) is 29.4 Å². The van der Waals surface area contributed by atoms with E-state index in [0.717, 1.165) is 16.8 Å². The van der Waals surface area contributed by atoms with Gasteiger partial charge < -0.3 is 14.7 Å². The summed E-state index contributed by atoms with van der Waals surface area (Å²) in [6, 6.07) is 12.5. The van der Waals surface area contributed by atoms with Crippen LogP contribution in [-0.4, -0.2) is 53.7 Å². The Morgan fingerprint density at radius 2 is 1.73 bits per heavy atom. The van der Waals surface area contributed by atoms with Gasteiger partial charge in [0.25, 0.3) is 0 Å². The molecule has 2 aromatic carbocycles. The number of hydrogen-bond donors (Lipinski definition) is 1. The highest BCUT2D eigenvalue weighted by molar-refractivity contribution is 6.01. The molecule has 0 unspecified atom stereocenters. The Kier molecular flexibility index (Phi) is 7.90. The molecule has 1 aliphatic heterocycles. The predicted molar refractivity (Wildman–Crippen MR) is 111 cm³/mol. The van der Waals surface area contributed by atoms with Gasteiger partial charge in [-0.15, -0.1) is 0 Å². The zero-order valence-corrected chi connectivity index (χ0v) is 17.3. The van der Waals surface area contributed by atoms with E-state index in [9.17, 15) is 13.9 Å². The summed E-state index contributed by atoms with van der Waals surface area (Å²) in [5, 5.41) is 14.5. The van der Waals surface area contributed by atoms with Crippen LogP contribution >= 0.6 is 0 Å². The van der Waals surface area contributed by atoms with Gasteiger partial charge in [-0.3, -0.25) is 4.90 Å². The van der Waals surface area contributed by atoms with E-state index < -0.39 is 6.10 Å². The van der Waals surface area contributed by atoms with Crippen molar-refractivity contribution in [3.8, 4) is 0 Å². The lowest BCUT2D eigenvalue weighted by atomic mass is 10.0. The maximum atomic E-state index is 13.2. The van der Waals surface area contributed by atoms with E-state index in [0.29, 0.717) is 26.1 Å². The number of benzene rings is 2. The normalized spacial score (nSPS) is 17.3. The first-order valence-corrected chi connectivity index (χ1v) is 10.1. The number of rotatable bonds is 10. The third-order valence-electron chi connectivity index (χ3n) is 4.78. The van der Waals surface area contributed by atoms with Crippen LogP contribution in [0.4, 0.5) is 8.78 Å². The lowest BCUT2D eigenvalue weighted by Crippen LogP contribution is -2.39. The molecule has 0 saturated heterocycles. The summed E-state index contributed by atoms with van der Waals surface area (Å²) in [7, 11) is 0. The minimum absolute atomic E-state index is 0.0371. The molecule has 0 aromatic heterocycles. The van der Waals surface area contributed by atoms with Crippen molar-refractivity contribution in [3.05, 3.63) is 71.3 Å². The van der Waals surface area contributed by atoms with Crippen molar-refractivity contribution in [2.45, 2.75) is 45.1 Å². The second-order valence-corrected chi connectivity index (χ2v) is 7.83. The Balaban J connectivity index is 1.61. The fourth-order valence-electron chi connectivity index (χ4n) is 3.33. The van der Waals surface area contributed by atoms with Crippen molar-refractivity contribution in [1.29, 1.82) is 0 Å². The smallest absolute Gasteiger partial charge is 0.145 e.